The van der Waals surface area contributed by atoms with E-state index in [1.165, 1.54) is 22.7 Å². The largest absolute Gasteiger partial charge is 0.481 e. The van der Waals surface area contributed by atoms with Gasteiger partial charge in [0.2, 0.25) is 0 Å². The van der Waals surface area contributed by atoms with Crippen LogP contribution in [0.1, 0.15) is 36.4 Å². The monoisotopic (exact) mass is 348 g/mol. The lowest BCUT2D eigenvalue weighted by atomic mass is 10.3. The molecule has 23 heavy (non-hydrogen) atoms. The van der Waals surface area contributed by atoms with Crippen LogP contribution < -0.4 is 10.1 Å². The van der Waals surface area contributed by atoms with E-state index in [0.717, 1.165) is 5.69 Å². The fraction of sp³-hybridized carbons (Fsp3) is 0.412. The van der Waals surface area contributed by atoms with Crippen molar-refractivity contribution in [3.8, 4) is 5.75 Å². The fourth-order valence-electron chi connectivity index (χ4n) is 2.15. The second-order valence-electron chi connectivity index (χ2n) is 5.60. The van der Waals surface area contributed by atoms with E-state index in [1.54, 1.807) is 30.0 Å². The number of thiazole rings is 1. The molecule has 1 N–H and O–H groups in total. The van der Waals surface area contributed by atoms with Gasteiger partial charge in [-0.1, -0.05) is 0 Å². The number of carbonyl (C=O) groups excluding carboxylic acids is 1. The summed E-state index contributed by atoms with van der Waals surface area (Å²) in [7, 11) is 0. The van der Waals surface area contributed by atoms with Gasteiger partial charge < -0.3 is 10.1 Å². The van der Waals surface area contributed by atoms with Crippen molar-refractivity contribution in [2.75, 3.05) is 6.26 Å². The first-order chi connectivity index (χ1) is 11.2. The van der Waals surface area contributed by atoms with Crippen LogP contribution in [-0.4, -0.2) is 23.3 Å². The molecule has 1 atom stereocenters. The quantitative estimate of drug-likeness (QED) is 0.773. The summed E-state index contributed by atoms with van der Waals surface area (Å²) in [6, 6.07) is 7.74. The second-order valence-corrected chi connectivity index (χ2v) is 7.37. The number of aromatic nitrogens is 1. The molecule has 1 aliphatic rings. The molecule has 6 heteroatoms. The summed E-state index contributed by atoms with van der Waals surface area (Å²) in [5.41, 5.74) is 0.932. The Morgan fingerprint density at radius 2 is 2.17 bits per heavy atom. The van der Waals surface area contributed by atoms with Crippen molar-refractivity contribution in [3.05, 3.63) is 40.3 Å². The average Bonchev–Trinajstić information content (AvgIpc) is 3.32. The Kier molecular flexibility index (Phi) is 5.23. The van der Waals surface area contributed by atoms with E-state index in [1.807, 2.05) is 35.9 Å². The highest BCUT2D eigenvalue weighted by molar-refractivity contribution is 7.98. The minimum Gasteiger partial charge on any atom is -0.481 e. The number of ether oxygens (including phenoxy) is 1. The van der Waals surface area contributed by atoms with Crippen LogP contribution in [0.25, 0.3) is 0 Å². The van der Waals surface area contributed by atoms with Gasteiger partial charge in [0.05, 0.1) is 17.2 Å². The first-order valence-corrected chi connectivity index (χ1v) is 9.79. The maximum absolute atomic E-state index is 12.1. The molecule has 1 aromatic heterocycles. The normalized spacial score (nSPS) is 15.2. The first-order valence-electron chi connectivity index (χ1n) is 7.68. The van der Waals surface area contributed by atoms with Crippen molar-refractivity contribution in [1.29, 1.82) is 0 Å². The van der Waals surface area contributed by atoms with Crippen LogP contribution in [0.5, 0.6) is 5.75 Å². The van der Waals surface area contributed by atoms with Gasteiger partial charge in [0.25, 0.3) is 5.91 Å². The highest BCUT2D eigenvalue weighted by Crippen LogP contribution is 2.41. The lowest BCUT2D eigenvalue weighted by Gasteiger charge is -2.14. The highest BCUT2D eigenvalue weighted by Gasteiger charge is 2.26. The molecule has 1 fully saturated rings. The van der Waals surface area contributed by atoms with Crippen molar-refractivity contribution in [1.82, 2.24) is 10.3 Å². The van der Waals surface area contributed by atoms with Crippen molar-refractivity contribution in [2.24, 2.45) is 0 Å². The van der Waals surface area contributed by atoms with Crippen molar-refractivity contribution in [2.45, 2.75) is 43.2 Å². The molecule has 0 bridgehead atoms. The molecular formula is C17H20N2O2S2. The Hall–Kier alpha value is -1.53. The van der Waals surface area contributed by atoms with E-state index in [0.29, 0.717) is 18.2 Å². The van der Waals surface area contributed by atoms with Crippen LogP contribution in [0.15, 0.2) is 34.5 Å². The highest BCUT2D eigenvalue weighted by atomic mass is 32.2. The minimum atomic E-state index is -0.531. The third kappa shape index (κ3) is 4.48. The van der Waals surface area contributed by atoms with E-state index >= 15 is 0 Å². The Labute approximate surface area is 144 Å². The second kappa shape index (κ2) is 7.36. The molecule has 0 spiro atoms. The minimum absolute atomic E-state index is 0.125. The lowest BCUT2D eigenvalue weighted by Crippen LogP contribution is -2.35. The summed E-state index contributed by atoms with van der Waals surface area (Å²) in [5.74, 6) is 1.24. The van der Waals surface area contributed by atoms with Crippen molar-refractivity contribution in [3.63, 3.8) is 0 Å². The van der Waals surface area contributed by atoms with Crippen LogP contribution in [0, 0.1) is 0 Å². The molecule has 4 nitrogen and oxygen atoms in total. The molecular weight excluding hydrogens is 328 g/mol. The molecule has 122 valence electrons. The molecule has 3 rings (SSSR count). The molecule has 1 heterocycles. The molecule has 1 aromatic carbocycles. The number of amides is 1. The van der Waals surface area contributed by atoms with Gasteiger partial charge in [-0.25, -0.2) is 4.98 Å². The molecule has 2 aromatic rings. The van der Waals surface area contributed by atoms with E-state index in [9.17, 15) is 4.79 Å². The third-order valence-corrected chi connectivity index (χ3v) is 5.48. The van der Waals surface area contributed by atoms with Crippen LogP contribution in [0.2, 0.25) is 0 Å². The number of nitrogens with zero attached hydrogens (tertiary/aromatic N) is 1. The number of hydrogen-bond donors (Lipinski definition) is 1. The van der Waals surface area contributed by atoms with Gasteiger partial charge in [-0.05, 0) is 50.3 Å². The van der Waals surface area contributed by atoms with Gasteiger partial charge in [0.1, 0.15) is 5.75 Å². The zero-order valence-corrected chi connectivity index (χ0v) is 14.9. The smallest absolute Gasteiger partial charge is 0.261 e. The Bertz CT molecular complexity index is 665. The van der Waals surface area contributed by atoms with Gasteiger partial charge >= 0.3 is 0 Å². The number of benzene rings is 1. The SMILES string of the molecule is CSc1ccc(OC(C)C(=O)NCc2csc(C3CC3)n2)cc1. The predicted octanol–water partition coefficient (Wildman–Crippen LogP) is 3.83. The standard InChI is InChI=1S/C17H20N2O2S2/c1-11(21-14-5-7-15(22-2)8-6-14)16(20)18-9-13-10-23-17(19-13)12-3-4-12/h5-8,10-12H,3-4,9H2,1-2H3,(H,18,20). The third-order valence-electron chi connectivity index (χ3n) is 3.68. The first kappa shape index (κ1) is 16.3. The zero-order valence-electron chi connectivity index (χ0n) is 13.2. The summed E-state index contributed by atoms with van der Waals surface area (Å²) in [5, 5.41) is 6.12. The van der Waals surface area contributed by atoms with Crippen LogP contribution in [-0.2, 0) is 11.3 Å². The summed E-state index contributed by atoms with van der Waals surface area (Å²) < 4.78 is 5.68. The van der Waals surface area contributed by atoms with Gasteiger partial charge in [0.15, 0.2) is 6.10 Å². The number of thioether (sulfide) groups is 1. The molecule has 1 unspecified atom stereocenters. The molecule has 0 aliphatic heterocycles. The number of carbonyl (C=O) groups is 1. The van der Waals surface area contributed by atoms with E-state index in [4.69, 9.17) is 4.74 Å². The number of nitrogens with one attached hydrogen (secondary N) is 1. The van der Waals surface area contributed by atoms with Crippen LogP contribution in [0.3, 0.4) is 0 Å². The molecule has 1 amide bonds. The van der Waals surface area contributed by atoms with Crippen LogP contribution >= 0.6 is 23.1 Å². The lowest BCUT2D eigenvalue weighted by molar-refractivity contribution is -0.127. The number of rotatable bonds is 7. The Balaban J connectivity index is 1.48. The zero-order chi connectivity index (χ0) is 16.2. The average molecular weight is 348 g/mol. The summed E-state index contributed by atoms with van der Waals surface area (Å²) in [6.45, 7) is 2.22. The van der Waals surface area contributed by atoms with Gasteiger partial charge in [-0.15, -0.1) is 23.1 Å². The van der Waals surface area contributed by atoms with Gasteiger partial charge in [-0.2, -0.15) is 0 Å². The Morgan fingerprint density at radius 3 is 2.83 bits per heavy atom. The van der Waals surface area contributed by atoms with Crippen molar-refractivity contribution >= 4 is 29.0 Å². The topological polar surface area (TPSA) is 51.2 Å². The van der Waals surface area contributed by atoms with Crippen LogP contribution in [0.4, 0.5) is 0 Å². The van der Waals surface area contributed by atoms with Crippen molar-refractivity contribution < 1.29 is 9.53 Å². The molecule has 1 aliphatic carbocycles. The summed E-state index contributed by atoms with van der Waals surface area (Å²) in [4.78, 5) is 17.9. The van der Waals surface area contributed by atoms with E-state index in [-0.39, 0.29) is 5.91 Å². The number of hydrogen-bond acceptors (Lipinski definition) is 5. The maximum Gasteiger partial charge on any atom is 0.261 e. The molecule has 0 radical (unpaired) electrons. The van der Waals surface area contributed by atoms with Gasteiger partial charge in [0, 0.05) is 16.2 Å². The fourth-order valence-corrected chi connectivity index (χ4v) is 3.55. The predicted molar refractivity (Wildman–Crippen MR) is 94.2 cm³/mol. The maximum atomic E-state index is 12.1. The van der Waals surface area contributed by atoms with E-state index < -0.39 is 6.10 Å². The molecule has 0 saturated heterocycles. The Morgan fingerprint density at radius 1 is 1.43 bits per heavy atom. The van der Waals surface area contributed by atoms with E-state index in [2.05, 4.69) is 10.3 Å². The summed E-state index contributed by atoms with van der Waals surface area (Å²) in [6.07, 6.45) is 4.00. The van der Waals surface area contributed by atoms with Gasteiger partial charge in [-0.3, -0.25) is 4.79 Å². The summed E-state index contributed by atoms with van der Waals surface area (Å²) >= 11 is 3.37. The molecule has 1 saturated carbocycles.